The van der Waals surface area contributed by atoms with Crippen molar-refractivity contribution in [1.29, 1.82) is 0 Å². The van der Waals surface area contributed by atoms with Crippen molar-refractivity contribution in [3.05, 3.63) is 17.5 Å². The number of carboxylic acids is 1. The minimum Gasteiger partial charge on any atom is -0.476 e. The van der Waals surface area contributed by atoms with Gasteiger partial charge in [-0.25, -0.2) is 4.79 Å². The summed E-state index contributed by atoms with van der Waals surface area (Å²) in [5.74, 6) is 0.827. The molecule has 0 aliphatic heterocycles. The minimum atomic E-state index is -1.05. The lowest BCUT2D eigenvalue weighted by molar-refractivity contribution is 0.0685. The lowest BCUT2D eigenvalue weighted by Crippen LogP contribution is -2.05. The predicted molar refractivity (Wildman–Crippen MR) is 59.1 cm³/mol. The number of aromatic carboxylic acids is 1. The largest absolute Gasteiger partial charge is 0.476 e. The topological polar surface area (TPSA) is 63.3 Å². The van der Waals surface area contributed by atoms with Crippen LogP contribution in [0.4, 0.5) is 0 Å². The monoisotopic (exact) mass is 229 g/mol. The summed E-state index contributed by atoms with van der Waals surface area (Å²) in [5.41, 5.74) is -0.0252. The first-order valence-corrected chi connectivity index (χ1v) is 5.86. The summed E-state index contributed by atoms with van der Waals surface area (Å²) >= 11 is 1.74. The smallest absolute Gasteiger partial charge is 0.358 e. The molecule has 4 nitrogen and oxygen atoms in total. The maximum Gasteiger partial charge on any atom is 0.358 e. The van der Waals surface area contributed by atoms with E-state index in [0.717, 1.165) is 0 Å². The van der Waals surface area contributed by atoms with Crippen molar-refractivity contribution in [3.8, 4) is 0 Å². The van der Waals surface area contributed by atoms with Crippen molar-refractivity contribution in [2.75, 3.05) is 0 Å². The molecule has 0 amide bonds. The van der Waals surface area contributed by atoms with Crippen molar-refractivity contribution in [2.24, 2.45) is 5.92 Å². The van der Waals surface area contributed by atoms with E-state index in [1.54, 1.807) is 11.8 Å². The number of nitrogens with zero attached hydrogens (tertiary/aromatic N) is 1. The fraction of sp³-hybridized carbons (Fsp3) is 0.600. The van der Waals surface area contributed by atoms with E-state index in [1.807, 2.05) is 0 Å². The van der Waals surface area contributed by atoms with Crippen LogP contribution in [0.5, 0.6) is 0 Å². The van der Waals surface area contributed by atoms with E-state index >= 15 is 0 Å². The highest BCUT2D eigenvalue weighted by Gasteiger charge is 2.13. The second kappa shape index (κ2) is 5.21. The van der Waals surface area contributed by atoms with E-state index in [9.17, 15) is 4.79 Å². The zero-order valence-electron chi connectivity index (χ0n) is 9.06. The molecule has 1 atom stereocenters. The maximum atomic E-state index is 10.5. The first-order chi connectivity index (χ1) is 7.00. The highest BCUT2D eigenvalue weighted by atomic mass is 32.2. The van der Waals surface area contributed by atoms with Gasteiger partial charge >= 0.3 is 5.97 Å². The first-order valence-electron chi connectivity index (χ1n) is 4.81. The van der Waals surface area contributed by atoms with Crippen LogP contribution < -0.4 is 0 Å². The molecule has 1 aromatic heterocycles. The molecule has 0 spiro atoms. The van der Waals surface area contributed by atoms with Gasteiger partial charge in [0.05, 0.1) is 5.75 Å². The summed E-state index contributed by atoms with van der Waals surface area (Å²) in [6.45, 7) is 6.45. The van der Waals surface area contributed by atoms with Gasteiger partial charge in [0.2, 0.25) is 0 Å². The number of hydrogen-bond donors (Lipinski definition) is 1. The Morgan fingerprint density at radius 2 is 2.27 bits per heavy atom. The molecule has 5 heteroatoms. The second-order valence-electron chi connectivity index (χ2n) is 3.74. The Kier molecular flexibility index (Phi) is 4.20. The van der Waals surface area contributed by atoms with E-state index in [-0.39, 0.29) is 5.69 Å². The molecule has 0 aliphatic rings. The van der Waals surface area contributed by atoms with E-state index < -0.39 is 5.97 Å². The molecule has 0 bridgehead atoms. The molecule has 1 unspecified atom stereocenters. The van der Waals surface area contributed by atoms with Crippen molar-refractivity contribution in [2.45, 2.75) is 31.8 Å². The average molecular weight is 229 g/mol. The van der Waals surface area contributed by atoms with Crippen molar-refractivity contribution < 1.29 is 14.4 Å². The molecule has 0 fully saturated rings. The Hall–Kier alpha value is -0.970. The van der Waals surface area contributed by atoms with Crippen LogP contribution in [-0.2, 0) is 5.75 Å². The lowest BCUT2D eigenvalue weighted by atomic mass is 10.2. The van der Waals surface area contributed by atoms with Crippen LogP contribution in [0.1, 0.15) is 37.0 Å². The summed E-state index contributed by atoms with van der Waals surface area (Å²) in [4.78, 5) is 10.5. The molecule has 0 radical (unpaired) electrons. The SMILES string of the molecule is CC(C)C(C)SCc1cc(C(=O)O)no1. The molecule has 1 aromatic rings. The quantitative estimate of drug-likeness (QED) is 0.841. The van der Waals surface area contributed by atoms with Gasteiger partial charge in [-0.05, 0) is 5.92 Å². The van der Waals surface area contributed by atoms with Crippen LogP contribution in [0, 0.1) is 5.92 Å². The maximum absolute atomic E-state index is 10.5. The van der Waals surface area contributed by atoms with Gasteiger partial charge in [-0.3, -0.25) is 0 Å². The minimum absolute atomic E-state index is 0.0252. The molecule has 1 heterocycles. The standard InChI is InChI=1S/C10H15NO3S/c1-6(2)7(3)15-5-8-4-9(10(12)13)11-14-8/h4,6-7H,5H2,1-3H3,(H,12,13). The van der Waals surface area contributed by atoms with Crippen LogP contribution in [0.3, 0.4) is 0 Å². The third-order valence-electron chi connectivity index (χ3n) is 2.21. The third kappa shape index (κ3) is 3.58. The fourth-order valence-corrected chi connectivity index (χ4v) is 1.84. The Bertz CT molecular complexity index is 335. The number of thioether (sulfide) groups is 1. The van der Waals surface area contributed by atoms with E-state index in [2.05, 4.69) is 25.9 Å². The molecule has 84 valence electrons. The number of aromatic nitrogens is 1. The third-order valence-corrected chi connectivity index (χ3v) is 3.73. The molecule has 15 heavy (non-hydrogen) atoms. The fourth-order valence-electron chi connectivity index (χ4n) is 0.888. The van der Waals surface area contributed by atoms with Crippen molar-refractivity contribution >= 4 is 17.7 Å². The molecule has 1 N–H and O–H groups in total. The Morgan fingerprint density at radius 3 is 2.73 bits per heavy atom. The molecule has 0 saturated carbocycles. The van der Waals surface area contributed by atoms with Crippen molar-refractivity contribution in [3.63, 3.8) is 0 Å². The molecular formula is C10H15NO3S. The summed E-state index contributed by atoms with van der Waals surface area (Å²) in [6.07, 6.45) is 0. The Balaban J connectivity index is 2.48. The van der Waals surface area contributed by atoms with Gasteiger partial charge in [0.1, 0.15) is 5.76 Å². The number of rotatable bonds is 5. The molecule has 0 saturated heterocycles. The van der Waals surface area contributed by atoms with Gasteiger partial charge in [-0.1, -0.05) is 25.9 Å². The summed E-state index contributed by atoms with van der Waals surface area (Å²) in [6, 6.07) is 1.47. The van der Waals surface area contributed by atoms with E-state index in [0.29, 0.717) is 22.7 Å². The Labute approximate surface area is 93.0 Å². The van der Waals surface area contributed by atoms with Crippen LogP contribution in [0.15, 0.2) is 10.6 Å². The van der Waals surface area contributed by atoms with Gasteiger partial charge in [0, 0.05) is 11.3 Å². The first kappa shape index (κ1) is 12.1. The van der Waals surface area contributed by atoms with Gasteiger partial charge in [-0.15, -0.1) is 0 Å². The van der Waals surface area contributed by atoms with Gasteiger partial charge in [0.25, 0.3) is 0 Å². The highest BCUT2D eigenvalue weighted by Crippen LogP contribution is 2.23. The number of carbonyl (C=O) groups is 1. The van der Waals surface area contributed by atoms with E-state index in [4.69, 9.17) is 9.63 Å². The number of carboxylic acid groups (broad SMARTS) is 1. The highest BCUT2D eigenvalue weighted by molar-refractivity contribution is 7.99. The zero-order chi connectivity index (χ0) is 11.4. The van der Waals surface area contributed by atoms with Crippen LogP contribution in [0.25, 0.3) is 0 Å². The van der Waals surface area contributed by atoms with Gasteiger partial charge < -0.3 is 9.63 Å². The summed E-state index contributed by atoms with van der Waals surface area (Å²) < 4.78 is 4.90. The van der Waals surface area contributed by atoms with Crippen LogP contribution in [0.2, 0.25) is 0 Å². The van der Waals surface area contributed by atoms with Crippen LogP contribution >= 0.6 is 11.8 Å². The van der Waals surface area contributed by atoms with Crippen molar-refractivity contribution in [1.82, 2.24) is 5.16 Å². The van der Waals surface area contributed by atoms with E-state index in [1.165, 1.54) is 6.07 Å². The molecule has 0 aromatic carbocycles. The normalized spacial score (nSPS) is 13.1. The summed E-state index contributed by atoms with van der Waals surface area (Å²) in [5, 5.41) is 12.6. The van der Waals surface area contributed by atoms with Crippen LogP contribution in [-0.4, -0.2) is 21.5 Å². The lowest BCUT2D eigenvalue weighted by Gasteiger charge is -2.13. The predicted octanol–water partition coefficient (Wildman–Crippen LogP) is 2.65. The van der Waals surface area contributed by atoms with Gasteiger partial charge in [0.15, 0.2) is 5.69 Å². The molecule has 1 rings (SSSR count). The number of hydrogen-bond acceptors (Lipinski definition) is 4. The summed E-state index contributed by atoms with van der Waals surface area (Å²) in [7, 11) is 0. The molecular weight excluding hydrogens is 214 g/mol. The average Bonchev–Trinajstić information content (AvgIpc) is 2.62. The zero-order valence-corrected chi connectivity index (χ0v) is 9.87. The van der Waals surface area contributed by atoms with Gasteiger partial charge in [-0.2, -0.15) is 11.8 Å². The Morgan fingerprint density at radius 1 is 1.60 bits per heavy atom. The molecule has 0 aliphatic carbocycles. The second-order valence-corrected chi connectivity index (χ2v) is 5.11.